The van der Waals surface area contributed by atoms with Crippen LogP contribution in [0.15, 0.2) is 53.4 Å². The first-order valence-electron chi connectivity index (χ1n) is 9.69. The highest BCUT2D eigenvalue weighted by molar-refractivity contribution is 8.26. The lowest BCUT2D eigenvalue weighted by Crippen LogP contribution is -2.17. The first-order valence-corrected chi connectivity index (χ1v) is 10.9. The van der Waals surface area contributed by atoms with Crippen LogP contribution in [0.5, 0.6) is 5.75 Å². The van der Waals surface area contributed by atoms with Crippen molar-refractivity contribution in [3.63, 3.8) is 0 Å². The number of nitrogens with one attached hydrogen (secondary N) is 1. The Morgan fingerprint density at radius 2 is 1.71 bits per heavy atom. The Balaban J connectivity index is 1.49. The first-order chi connectivity index (χ1) is 13.6. The fourth-order valence-electron chi connectivity index (χ4n) is 2.96. The standard InChI is InChI=1S/C23H25NO2S2/c1-2-3-4-5-6-17-7-9-19(10-8-17)16-26-20-13-11-18(12-14-20)15-21-22(25)24-23(27)28-21/h7-15H,2-6,16H2,1H3,(H,24,25,27). The third-order valence-electron chi connectivity index (χ3n) is 4.57. The minimum Gasteiger partial charge on any atom is -0.489 e. The Labute approximate surface area is 176 Å². The van der Waals surface area contributed by atoms with Gasteiger partial charge in [-0.15, -0.1) is 0 Å². The molecule has 146 valence electrons. The maximum Gasteiger partial charge on any atom is 0.263 e. The fourth-order valence-corrected chi connectivity index (χ4v) is 4.00. The molecule has 2 aromatic rings. The summed E-state index contributed by atoms with van der Waals surface area (Å²) in [5.41, 5.74) is 3.50. The molecule has 28 heavy (non-hydrogen) atoms. The number of amides is 1. The molecule has 3 rings (SSSR count). The molecule has 3 nitrogen and oxygen atoms in total. The molecule has 0 aromatic heterocycles. The number of thiocarbonyl (C=S) groups is 1. The highest BCUT2D eigenvalue weighted by atomic mass is 32.2. The molecule has 5 heteroatoms. The van der Waals surface area contributed by atoms with E-state index in [2.05, 4.69) is 36.5 Å². The summed E-state index contributed by atoms with van der Waals surface area (Å²) in [5, 5.41) is 2.62. The van der Waals surface area contributed by atoms with Gasteiger partial charge in [0.2, 0.25) is 0 Å². The van der Waals surface area contributed by atoms with Crippen LogP contribution in [0.2, 0.25) is 0 Å². The summed E-state index contributed by atoms with van der Waals surface area (Å²) in [7, 11) is 0. The molecule has 1 aliphatic heterocycles. The monoisotopic (exact) mass is 411 g/mol. The molecule has 0 spiro atoms. The topological polar surface area (TPSA) is 38.3 Å². The van der Waals surface area contributed by atoms with Gasteiger partial charge in [0.15, 0.2) is 0 Å². The van der Waals surface area contributed by atoms with E-state index in [1.165, 1.54) is 43.0 Å². The van der Waals surface area contributed by atoms with Gasteiger partial charge in [0.1, 0.15) is 16.7 Å². The maximum absolute atomic E-state index is 11.7. The summed E-state index contributed by atoms with van der Waals surface area (Å²) in [5.74, 6) is 0.675. The van der Waals surface area contributed by atoms with Crippen LogP contribution in [0.4, 0.5) is 0 Å². The van der Waals surface area contributed by atoms with Gasteiger partial charge in [0, 0.05) is 0 Å². The minimum absolute atomic E-state index is 0.135. The number of ether oxygens (including phenoxy) is 1. The molecular formula is C23H25NO2S2. The average Bonchev–Trinajstić information content (AvgIpc) is 3.02. The van der Waals surface area contributed by atoms with Crippen molar-refractivity contribution in [2.45, 2.75) is 45.6 Å². The first kappa shape index (κ1) is 20.6. The van der Waals surface area contributed by atoms with Crippen LogP contribution < -0.4 is 10.1 Å². The van der Waals surface area contributed by atoms with E-state index in [1.807, 2.05) is 30.3 Å². The number of hydrogen-bond donors (Lipinski definition) is 1. The van der Waals surface area contributed by atoms with Crippen molar-refractivity contribution in [2.24, 2.45) is 0 Å². The Kier molecular flexibility index (Phi) is 7.69. The van der Waals surface area contributed by atoms with E-state index >= 15 is 0 Å². The summed E-state index contributed by atoms with van der Waals surface area (Å²) >= 11 is 6.29. The molecule has 0 bridgehead atoms. The number of rotatable bonds is 9. The largest absolute Gasteiger partial charge is 0.489 e. The van der Waals surface area contributed by atoms with E-state index in [0.29, 0.717) is 15.8 Å². The maximum atomic E-state index is 11.7. The average molecular weight is 412 g/mol. The van der Waals surface area contributed by atoms with E-state index in [4.69, 9.17) is 17.0 Å². The zero-order valence-electron chi connectivity index (χ0n) is 16.1. The summed E-state index contributed by atoms with van der Waals surface area (Å²) in [6.07, 6.45) is 8.15. The summed E-state index contributed by atoms with van der Waals surface area (Å²) in [4.78, 5) is 12.3. The molecule has 0 unspecified atom stereocenters. The van der Waals surface area contributed by atoms with Crippen molar-refractivity contribution in [1.82, 2.24) is 5.32 Å². The Morgan fingerprint density at radius 1 is 1.00 bits per heavy atom. The van der Waals surface area contributed by atoms with E-state index in [1.54, 1.807) is 0 Å². The molecule has 0 atom stereocenters. The molecule has 0 radical (unpaired) electrons. The molecule has 1 heterocycles. The lowest BCUT2D eigenvalue weighted by atomic mass is 10.0. The second kappa shape index (κ2) is 10.4. The van der Waals surface area contributed by atoms with Crippen LogP contribution >= 0.6 is 24.0 Å². The third kappa shape index (κ3) is 6.21. The Hall–Kier alpha value is -2.11. The van der Waals surface area contributed by atoms with Crippen LogP contribution in [0.3, 0.4) is 0 Å². The summed E-state index contributed by atoms with van der Waals surface area (Å²) in [6, 6.07) is 16.4. The SMILES string of the molecule is CCCCCCc1ccc(COc2ccc(C=C3SC(=S)NC3=O)cc2)cc1. The predicted molar refractivity (Wildman–Crippen MR) is 121 cm³/mol. The summed E-state index contributed by atoms with van der Waals surface area (Å²) in [6.45, 7) is 2.78. The van der Waals surface area contributed by atoms with Gasteiger partial charge in [-0.25, -0.2) is 0 Å². The van der Waals surface area contributed by atoms with Crippen LogP contribution in [0.1, 0.15) is 49.3 Å². The number of benzene rings is 2. The number of thioether (sulfide) groups is 1. The fraction of sp³-hybridized carbons (Fsp3) is 0.304. The molecule has 1 amide bonds. The Bertz CT molecular complexity index is 842. The molecule has 0 aliphatic carbocycles. The molecule has 1 aliphatic rings. The number of hydrogen-bond acceptors (Lipinski definition) is 4. The second-order valence-corrected chi connectivity index (χ2v) is 8.56. The van der Waals surface area contributed by atoms with Gasteiger partial charge in [0.05, 0.1) is 4.91 Å². The number of unbranched alkanes of at least 4 members (excludes halogenated alkanes) is 3. The van der Waals surface area contributed by atoms with Gasteiger partial charge >= 0.3 is 0 Å². The van der Waals surface area contributed by atoms with Crippen LogP contribution in [-0.2, 0) is 17.8 Å². The van der Waals surface area contributed by atoms with Crippen LogP contribution in [-0.4, -0.2) is 10.2 Å². The smallest absolute Gasteiger partial charge is 0.263 e. The van der Waals surface area contributed by atoms with Crippen LogP contribution in [0, 0.1) is 0 Å². The van der Waals surface area contributed by atoms with Gasteiger partial charge in [-0.1, -0.05) is 86.6 Å². The van der Waals surface area contributed by atoms with Crippen molar-refractivity contribution < 1.29 is 9.53 Å². The van der Waals surface area contributed by atoms with E-state index in [9.17, 15) is 4.79 Å². The molecule has 1 N–H and O–H groups in total. The zero-order valence-corrected chi connectivity index (χ0v) is 17.7. The van der Waals surface area contributed by atoms with Gasteiger partial charge < -0.3 is 10.1 Å². The van der Waals surface area contributed by atoms with Gasteiger partial charge in [-0.05, 0) is 47.7 Å². The lowest BCUT2D eigenvalue weighted by Gasteiger charge is -2.08. The van der Waals surface area contributed by atoms with Crippen molar-refractivity contribution in [3.8, 4) is 5.75 Å². The molecule has 2 aromatic carbocycles. The van der Waals surface area contributed by atoms with Gasteiger partial charge in [-0.3, -0.25) is 4.79 Å². The molecule has 1 fully saturated rings. The number of aryl methyl sites for hydroxylation is 1. The number of carbonyl (C=O) groups is 1. The normalized spacial score (nSPS) is 15.1. The number of carbonyl (C=O) groups excluding carboxylic acids is 1. The quantitative estimate of drug-likeness (QED) is 0.318. The third-order valence-corrected chi connectivity index (χ3v) is 5.73. The molecule has 0 saturated carbocycles. The van der Waals surface area contributed by atoms with Gasteiger partial charge in [-0.2, -0.15) is 0 Å². The van der Waals surface area contributed by atoms with Crippen molar-refractivity contribution in [2.75, 3.05) is 0 Å². The second-order valence-electron chi connectivity index (χ2n) is 6.84. The van der Waals surface area contributed by atoms with E-state index in [0.717, 1.165) is 23.3 Å². The Morgan fingerprint density at radius 3 is 2.36 bits per heavy atom. The van der Waals surface area contributed by atoms with Gasteiger partial charge in [0.25, 0.3) is 5.91 Å². The van der Waals surface area contributed by atoms with Crippen LogP contribution in [0.25, 0.3) is 6.08 Å². The van der Waals surface area contributed by atoms with E-state index in [-0.39, 0.29) is 5.91 Å². The van der Waals surface area contributed by atoms with Crippen molar-refractivity contribution in [3.05, 3.63) is 70.1 Å². The van der Waals surface area contributed by atoms with E-state index < -0.39 is 0 Å². The predicted octanol–water partition coefficient (Wildman–Crippen LogP) is 5.88. The molecule has 1 saturated heterocycles. The van der Waals surface area contributed by atoms with Crippen molar-refractivity contribution in [1.29, 1.82) is 0 Å². The lowest BCUT2D eigenvalue weighted by molar-refractivity contribution is -0.115. The highest BCUT2D eigenvalue weighted by Gasteiger charge is 2.21. The minimum atomic E-state index is -0.135. The van der Waals surface area contributed by atoms with Crippen molar-refractivity contribution >= 4 is 40.3 Å². The molecular weight excluding hydrogens is 386 g/mol. The highest BCUT2D eigenvalue weighted by Crippen LogP contribution is 2.26. The summed E-state index contributed by atoms with van der Waals surface area (Å²) < 4.78 is 6.39. The zero-order chi connectivity index (χ0) is 19.8.